The van der Waals surface area contributed by atoms with Crippen LogP contribution in [0.4, 0.5) is 4.39 Å². The first-order chi connectivity index (χ1) is 8.49. The molecule has 1 aromatic rings. The summed E-state index contributed by atoms with van der Waals surface area (Å²) in [5.41, 5.74) is 0.537. The van der Waals surface area contributed by atoms with Crippen LogP contribution in [0.1, 0.15) is 18.9 Å². The van der Waals surface area contributed by atoms with Crippen LogP contribution >= 0.6 is 0 Å². The van der Waals surface area contributed by atoms with E-state index in [9.17, 15) is 12.8 Å². The van der Waals surface area contributed by atoms with Crippen LogP contribution in [-0.4, -0.2) is 37.5 Å². The lowest BCUT2D eigenvalue weighted by Gasteiger charge is -2.20. The Kier molecular flexibility index (Phi) is 5.71. The lowest BCUT2D eigenvalue weighted by molar-refractivity contribution is 0.253. The molecule has 0 saturated carbocycles. The van der Waals surface area contributed by atoms with Crippen LogP contribution in [0.15, 0.2) is 24.3 Å². The van der Waals surface area contributed by atoms with Gasteiger partial charge >= 0.3 is 0 Å². The highest BCUT2D eigenvalue weighted by atomic mass is 32.2. The van der Waals surface area contributed by atoms with E-state index < -0.39 is 15.8 Å². The van der Waals surface area contributed by atoms with Gasteiger partial charge in [-0.2, -0.15) is 4.31 Å². The fourth-order valence-corrected chi connectivity index (χ4v) is 3.25. The van der Waals surface area contributed by atoms with E-state index in [1.807, 2.05) is 6.92 Å². The molecule has 0 aliphatic heterocycles. The largest absolute Gasteiger partial charge is 0.395 e. The number of nitrogens with zero attached hydrogens (tertiary/aromatic N) is 1. The van der Waals surface area contributed by atoms with E-state index >= 15 is 0 Å². The molecule has 0 amide bonds. The molecule has 0 bridgehead atoms. The van der Waals surface area contributed by atoms with Gasteiger partial charge in [-0.1, -0.05) is 19.1 Å². The lowest BCUT2D eigenvalue weighted by atomic mass is 10.2. The maximum Gasteiger partial charge on any atom is 0.218 e. The van der Waals surface area contributed by atoms with E-state index in [1.54, 1.807) is 0 Å². The van der Waals surface area contributed by atoms with Crippen molar-refractivity contribution < 1.29 is 17.9 Å². The number of sulfonamides is 1. The van der Waals surface area contributed by atoms with Crippen molar-refractivity contribution in [1.29, 1.82) is 0 Å². The van der Waals surface area contributed by atoms with Crippen LogP contribution in [0.25, 0.3) is 0 Å². The van der Waals surface area contributed by atoms with Gasteiger partial charge in [-0.05, 0) is 24.1 Å². The summed E-state index contributed by atoms with van der Waals surface area (Å²) < 4.78 is 38.2. The summed E-state index contributed by atoms with van der Waals surface area (Å²) >= 11 is 0. The van der Waals surface area contributed by atoms with Gasteiger partial charge in [-0.25, -0.2) is 12.8 Å². The van der Waals surface area contributed by atoms with Gasteiger partial charge in [0.1, 0.15) is 5.82 Å². The van der Waals surface area contributed by atoms with E-state index in [0.29, 0.717) is 18.5 Å². The third-order valence-electron chi connectivity index (χ3n) is 2.48. The Labute approximate surface area is 107 Å². The van der Waals surface area contributed by atoms with Crippen molar-refractivity contribution in [2.75, 3.05) is 19.7 Å². The van der Waals surface area contributed by atoms with Gasteiger partial charge in [0, 0.05) is 13.1 Å². The molecule has 0 radical (unpaired) electrons. The van der Waals surface area contributed by atoms with Crippen molar-refractivity contribution in [1.82, 2.24) is 4.31 Å². The van der Waals surface area contributed by atoms with E-state index in [1.165, 1.54) is 28.6 Å². The summed E-state index contributed by atoms with van der Waals surface area (Å²) in [5.74, 6) is -0.565. The van der Waals surface area contributed by atoms with Crippen LogP contribution in [0.2, 0.25) is 0 Å². The highest BCUT2D eigenvalue weighted by Crippen LogP contribution is 2.12. The zero-order valence-electron chi connectivity index (χ0n) is 10.3. The van der Waals surface area contributed by atoms with Gasteiger partial charge in [0.2, 0.25) is 10.0 Å². The molecule has 0 aliphatic rings. The predicted molar refractivity (Wildman–Crippen MR) is 68.0 cm³/mol. The minimum atomic E-state index is -3.46. The average Bonchev–Trinajstić information content (AvgIpc) is 2.32. The molecule has 0 spiro atoms. The number of hydrogen-bond acceptors (Lipinski definition) is 3. The van der Waals surface area contributed by atoms with Gasteiger partial charge in [0.15, 0.2) is 0 Å². The zero-order chi connectivity index (χ0) is 13.6. The molecule has 0 saturated heterocycles. The van der Waals surface area contributed by atoms with Crippen LogP contribution in [0.5, 0.6) is 0 Å². The molecule has 18 heavy (non-hydrogen) atoms. The normalized spacial score (nSPS) is 12.0. The number of benzene rings is 1. The van der Waals surface area contributed by atoms with Gasteiger partial charge in [0.25, 0.3) is 0 Å². The SMILES string of the molecule is CCCN(CCO)S(=O)(=O)Cc1ccc(F)cc1. The number of aliphatic hydroxyl groups excluding tert-OH is 1. The Morgan fingerprint density at radius 3 is 2.33 bits per heavy atom. The molecule has 0 fully saturated rings. The molecule has 1 aromatic carbocycles. The second-order valence-electron chi connectivity index (χ2n) is 4.01. The van der Waals surface area contributed by atoms with Crippen LogP contribution in [-0.2, 0) is 15.8 Å². The number of aliphatic hydroxyl groups is 1. The minimum Gasteiger partial charge on any atom is -0.395 e. The molecule has 102 valence electrons. The van der Waals surface area contributed by atoms with Crippen LogP contribution < -0.4 is 0 Å². The Balaban J connectivity index is 2.81. The van der Waals surface area contributed by atoms with Crippen molar-refractivity contribution in [3.05, 3.63) is 35.6 Å². The lowest BCUT2D eigenvalue weighted by Crippen LogP contribution is -2.35. The van der Waals surface area contributed by atoms with E-state index in [0.717, 1.165) is 0 Å². The van der Waals surface area contributed by atoms with Crippen molar-refractivity contribution in [2.45, 2.75) is 19.1 Å². The molecular weight excluding hydrogens is 257 g/mol. The third kappa shape index (κ3) is 4.36. The quantitative estimate of drug-likeness (QED) is 0.817. The van der Waals surface area contributed by atoms with E-state index in [2.05, 4.69) is 0 Å². The minimum absolute atomic E-state index is 0.0946. The highest BCUT2D eigenvalue weighted by molar-refractivity contribution is 7.88. The van der Waals surface area contributed by atoms with Crippen molar-refractivity contribution in [3.63, 3.8) is 0 Å². The molecule has 0 heterocycles. The van der Waals surface area contributed by atoms with Gasteiger partial charge in [-0.3, -0.25) is 0 Å². The summed E-state index contributed by atoms with van der Waals surface area (Å²) in [6.07, 6.45) is 0.683. The van der Waals surface area contributed by atoms with E-state index in [-0.39, 0.29) is 18.9 Å². The second-order valence-corrected chi connectivity index (χ2v) is 5.97. The van der Waals surface area contributed by atoms with Crippen molar-refractivity contribution in [2.24, 2.45) is 0 Å². The molecule has 4 nitrogen and oxygen atoms in total. The van der Waals surface area contributed by atoms with Gasteiger partial charge < -0.3 is 5.11 Å². The number of hydrogen-bond donors (Lipinski definition) is 1. The molecule has 0 unspecified atom stereocenters. The fraction of sp³-hybridized carbons (Fsp3) is 0.500. The first-order valence-electron chi connectivity index (χ1n) is 5.82. The Hall–Kier alpha value is -0.980. The first kappa shape index (κ1) is 15.1. The van der Waals surface area contributed by atoms with Crippen molar-refractivity contribution >= 4 is 10.0 Å². The second kappa shape index (κ2) is 6.82. The monoisotopic (exact) mass is 275 g/mol. The molecule has 1 N–H and O–H groups in total. The Bertz CT molecular complexity index is 453. The van der Waals surface area contributed by atoms with Gasteiger partial charge in [-0.15, -0.1) is 0 Å². The molecule has 1 rings (SSSR count). The first-order valence-corrected chi connectivity index (χ1v) is 7.43. The van der Waals surface area contributed by atoms with Gasteiger partial charge in [0.05, 0.1) is 12.4 Å². The standard InChI is InChI=1S/C12H18FNO3S/c1-2-7-14(8-9-15)18(16,17)10-11-3-5-12(13)6-4-11/h3-6,15H,2,7-10H2,1H3. The third-order valence-corrected chi connectivity index (χ3v) is 4.33. The molecular formula is C12H18FNO3S. The summed E-state index contributed by atoms with van der Waals surface area (Å²) in [6, 6.07) is 5.38. The molecule has 0 atom stereocenters. The highest BCUT2D eigenvalue weighted by Gasteiger charge is 2.21. The molecule has 6 heteroatoms. The van der Waals surface area contributed by atoms with Crippen molar-refractivity contribution in [3.8, 4) is 0 Å². The maximum absolute atomic E-state index is 12.7. The Morgan fingerprint density at radius 2 is 1.83 bits per heavy atom. The fourth-order valence-electron chi connectivity index (χ4n) is 1.63. The number of halogens is 1. The molecule has 0 aromatic heterocycles. The summed E-state index contributed by atoms with van der Waals surface area (Å²) in [5, 5.41) is 8.87. The zero-order valence-corrected chi connectivity index (χ0v) is 11.2. The predicted octanol–water partition coefficient (Wildman–Crippen LogP) is 1.36. The summed E-state index contributed by atoms with van der Waals surface area (Å²) in [4.78, 5) is 0. The smallest absolute Gasteiger partial charge is 0.218 e. The van der Waals surface area contributed by atoms with Crippen LogP contribution in [0, 0.1) is 5.82 Å². The summed E-state index contributed by atoms with van der Waals surface area (Å²) in [7, 11) is -3.46. The Morgan fingerprint density at radius 1 is 1.22 bits per heavy atom. The van der Waals surface area contributed by atoms with E-state index in [4.69, 9.17) is 5.11 Å². The summed E-state index contributed by atoms with van der Waals surface area (Å²) in [6.45, 7) is 2.14. The number of rotatable bonds is 7. The topological polar surface area (TPSA) is 57.6 Å². The molecule has 0 aliphatic carbocycles. The average molecular weight is 275 g/mol. The van der Waals surface area contributed by atoms with Crippen LogP contribution in [0.3, 0.4) is 0 Å². The maximum atomic E-state index is 12.7.